The molecule has 4 nitrogen and oxygen atoms in total. The van der Waals surface area contributed by atoms with Crippen molar-refractivity contribution in [2.24, 2.45) is 0 Å². The van der Waals surface area contributed by atoms with Gasteiger partial charge in [-0.2, -0.15) is 96.6 Å². The Bertz CT molecular complexity index is 1070. The number of aliphatic hydroxyl groups excluding tert-OH is 1. The number of halogens is 24. The molecule has 282 valence electrons. The van der Waals surface area contributed by atoms with Crippen molar-refractivity contribution in [1.82, 2.24) is 0 Å². The summed E-state index contributed by atoms with van der Waals surface area (Å²) in [5.41, 5.74) is 0. The summed E-state index contributed by atoms with van der Waals surface area (Å²) in [6.45, 7) is -6.04. The van der Waals surface area contributed by atoms with E-state index in [0.717, 1.165) is 0 Å². The van der Waals surface area contributed by atoms with Crippen LogP contribution in [0.3, 0.4) is 0 Å². The lowest BCUT2D eigenvalue weighted by molar-refractivity contribution is -0.476. The molecule has 1 aliphatic rings. The predicted octanol–water partition coefficient (Wildman–Crippen LogP) is 7.03. The lowest BCUT2D eigenvalue weighted by Gasteiger charge is -2.45. The molecule has 2 atom stereocenters. The fourth-order valence-electron chi connectivity index (χ4n) is 2.92. The molecule has 1 aliphatic heterocycles. The quantitative estimate of drug-likeness (QED) is 0.114. The Hall–Kier alpha value is -1.84. The molecule has 1 fully saturated rings. The minimum atomic E-state index is -9.52. The van der Waals surface area contributed by atoms with Crippen LogP contribution in [-0.2, 0) is 14.2 Å². The lowest BCUT2D eigenvalue weighted by Crippen LogP contribution is -2.78. The van der Waals surface area contributed by atoms with Gasteiger partial charge < -0.3 is 19.3 Å². The SMILES string of the molecule is OC(COCC1CO1)COCC(F)(F)C(F)(F)C(F)(F)C(F)(F)C(F)(F)C(F)(F)C(F)(F)C(F)(F)C(F)(F)C(F)(F)C(F)(F)C(F)F. The minimum Gasteiger partial charge on any atom is -0.388 e. The van der Waals surface area contributed by atoms with Gasteiger partial charge in [-0.05, 0) is 0 Å². The normalized spacial score (nSPS) is 19.4. The van der Waals surface area contributed by atoms with Crippen LogP contribution in [-0.4, -0.2) is 122 Å². The van der Waals surface area contributed by atoms with E-state index in [4.69, 9.17) is 0 Å². The molecule has 47 heavy (non-hydrogen) atoms. The molecular formula is C19H14F24O4. The van der Waals surface area contributed by atoms with Crippen molar-refractivity contribution in [3.63, 3.8) is 0 Å². The van der Waals surface area contributed by atoms with Crippen LogP contribution in [0.2, 0.25) is 0 Å². The Labute approximate surface area is 242 Å². The van der Waals surface area contributed by atoms with Gasteiger partial charge in [-0.25, -0.2) is 8.78 Å². The second kappa shape index (κ2) is 12.5. The van der Waals surface area contributed by atoms with E-state index < -0.39 is 104 Å². The Morgan fingerprint density at radius 1 is 0.511 bits per heavy atom. The number of ether oxygens (including phenoxy) is 3. The van der Waals surface area contributed by atoms with Gasteiger partial charge >= 0.3 is 71.6 Å². The van der Waals surface area contributed by atoms with E-state index in [9.17, 15) is 110 Å². The summed E-state index contributed by atoms with van der Waals surface area (Å²) in [5.74, 6) is -96.9. The van der Waals surface area contributed by atoms with E-state index in [2.05, 4.69) is 14.2 Å². The summed E-state index contributed by atoms with van der Waals surface area (Å²) >= 11 is 0. The highest BCUT2D eigenvalue weighted by Gasteiger charge is 2.98. The van der Waals surface area contributed by atoms with Gasteiger partial charge in [-0.1, -0.05) is 0 Å². The minimum absolute atomic E-state index is 0.153. The first-order valence-corrected chi connectivity index (χ1v) is 11.3. The summed E-state index contributed by atoms with van der Waals surface area (Å²) < 4.78 is 336. The number of alkyl halides is 24. The Morgan fingerprint density at radius 3 is 1.13 bits per heavy atom. The van der Waals surface area contributed by atoms with E-state index in [0.29, 0.717) is 0 Å². The molecular weight excluding hydrogens is 748 g/mol. The molecule has 0 saturated carbocycles. The van der Waals surface area contributed by atoms with Crippen LogP contribution < -0.4 is 0 Å². The average molecular weight is 762 g/mol. The van der Waals surface area contributed by atoms with E-state index >= 15 is 0 Å². The van der Waals surface area contributed by atoms with Crippen molar-refractivity contribution in [2.75, 3.05) is 33.0 Å². The topological polar surface area (TPSA) is 51.2 Å². The maximum Gasteiger partial charge on any atom is 0.385 e. The molecule has 0 bridgehead atoms. The molecule has 0 radical (unpaired) electrons. The molecule has 0 aromatic heterocycles. The number of hydrogen-bond donors (Lipinski definition) is 1. The van der Waals surface area contributed by atoms with Gasteiger partial charge in [0.15, 0.2) is 0 Å². The third-order valence-electron chi connectivity index (χ3n) is 5.92. The van der Waals surface area contributed by atoms with Crippen LogP contribution in [0.1, 0.15) is 0 Å². The zero-order valence-electron chi connectivity index (χ0n) is 21.5. The Morgan fingerprint density at radius 2 is 0.809 bits per heavy atom. The number of aliphatic hydroxyl groups is 1. The summed E-state index contributed by atoms with van der Waals surface area (Å²) in [7, 11) is 0. The van der Waals surface area contributed by atoms with Gasteiger partial charge in [0.05, 0.1) is 26.4 Å². The highest BCUT2D eigenvalue weighted by Crippen LogP contribution is 2.67. The molecule has 0 amide bonds. The van der Waals surface area contributed by atoms with E-state index in [1.165, 1.54) is 0 Å². The summed E-state index contributed by atoms with van der Waals surface area (Å²) in [6.07, 6.45) is -8.90. The van der Waals surface area contributed by atoms with E-state index in [-0.39, 0.29) is 13.2 Å². The fraction of sp³-hybridized carbons (Fsp3) is 1.00. The fourth-order valence-corrected chi connectivity index (χ4v) is 2.92. The molecule has 0 aromatic rings. The molecule has 0 aliphatic carbocycles. The third kappa shape index (κ3) is 6.47. The highest BCUT2D eigenvalue weighted by atomic mass is 19.4. The molecule has 1 heterocycles. The maximum absolute atomic E-state index is 13.9. The predicted molar refractivity (Wildman–Crippen MR) is 97.8 cm³/mol. The first kappa shape index (κ1) is 43.2. The van der Waals surface area contributed by atoms with Gasteiger partial charge in [0.1, 0.15) is 18.8 Å². The molecule has 1 saturated heterocycles. The van der Waals surface area contributed by atoms with Crippen LogP contribution in [0.4, 0.5) is 105 Å². The zero-order valence-corrected chi connectivity index (χ0v) is 21.5. The van der Waals surface area contributed by atoms with E-state index in [1.54, 1.807) is 0 Å². The van der Waals surface area contributed by atoms with Crippen LogP contribution in [0.25, 0.3) is 0 Å². The Kier molecular flexibility index (Phi) is 11.5. The zero-order chi connectivity index (χ0) is 37.9. The van der Waals surface area contributed by atoms with Gasteiger partial charge in [-0.3, -0.25) is 0 Å². The Balaban J connectivity index is 3.48. The monoisotopic (exact) mass is 762 g/mol. The van der Waals surface area contributed by atoms with E-state index in [1.807, 2.05) is 0 Å². The van der Waals surface area contributed by atoms with Crippen molar-refractivity contribution < 1.29 is 125 Å². The van der Waals surface area contributed by atoms with Crippen LogP contribution in [0, 0.1) is 0 Å². The van der Waals surface area contributed by atoms with Crippen molar-refractivity contribution in [3.05, 3.63) is 0 Å². The highest BCUT2D eigenvalue weighted by molar-refractivity contribution is 5.19. The molecule has 1 N–H and O–H groups in total. The number of epoxide rings is 1. The summed E-state index contributed by atoms with van der Waals surface area (Å²) in [6, 6.07) is 0. The molecule has 1 rings (SSSR count). The van der Waals surface area contributed by atoms with Crippen LogP contribution in [0.15, 0.2) is 0 Å². The second-order valence-electron chi connectivity index (χ2n) is 9.46. The third-order valence-corrected chi connectivity index (χ3v) is 5.92. The van der Waals surface area contributed by atoms with Crippen molar-refractivity contribution in [1.29, 1.82) is 0 Å². The van der Waals surface area contributed by atoms with Gasteiger partial charge in [0, 0.05) is 0 Å². The maximum atomic E-state index is 13.9. The molecule has 28 heteroatoms. The van der Waals surface area contributed by atoms with Gasteiger partial charge in [0.25, 0.3) is 0 Å². The molecule has 2 unspecified atom stereocenters. The van der Waals surface area contributed by atoms with Gasteiger partial charge in [0.2, 0.25) is 0 Å². The summed E-state index contributed by atoms with van der Waals surface area (Å²) in [5, 5.41) is 9.30. The van der Waals surface area contributed by atoms with Crippen molar-refractivity contribution >= 4 is 0 Å². The molecule has 0 aromatic carbocycles. The average Bonchev–Trinajstić information content (AvgIpc) is 3.71. The first-order valence-electron chi connectivity index (χ1n) is 11.3. The van der Waals surface area contributed by atoms with Crippen LogP contribution in [0.5, 0.6) is 0 Å². The lowest BCUT2D eigenvalue weighted by atomic mass is 9.84. The first-order chi connectivity index (χ1) is 20.4. The summed E-state index contributed by atoms with van der Waals surface area (Å²) in [4.78, 5) is 0. The second-order valence-corrected chi connectivity index (χ2v) is 9.46. The number of hydrogen-bond acceptors (Lipinski definition) is 4. The smallest absolute Gasteiger partial charge is 0.385 e. The van der Waals surface area contributed by atoms with Crippen LogP contribution >= 0.6 is 0 Å². The van der Waals surface area contributed by atoms with Crippen molar-refractivity contribution in [2.45, 2.75) is 83.8 Å². The number of rotatable bonds is 19. The van der Waals surface area contributed by atoms with Crippen molar-refractivity contribution in [3.8, 4) is 0 Å². The van der Waals surface area contributed by atoms with Gasteiger partial charge in [-0.15, -0.1) is 0 Å². The largest absolute Gasteiger partial charge is 0.388 e. The molecule has 0 spiro atoms. The standard InChI is InChI=1S/C19H14F24O4/c20-8(21)10(24,25)12(28,29)14(32,33)16(36,37)18(40,41)19(42,43)17(38,39)15(34,35)13(30,31)11(26,27)9(22,23)5-46-2-6(44)1-45-3-7-4-47-7/h6-8,44H,1-5H2.